The lowest BCUT2D eigenvalue weighted by Crippen LogP contribution is -2.37. The Balaban J connectivity index is 3.03. The number of nitrogens with one attached hydrogen (secondary N) is 1. The quantitative estimate of drug-likeness (QED) is 0.857. The molecule has 0 aromatic heterocycles. The van der Waals surface area contributed by atoms with Gasteiger partial charge in [0.15, 0.2) is 0 Å². The van der Waals surface area contributed by atoms with Crippen LogP contribution in [-0.2, 0) is 10.0 Å². The molecule has 1 aromatic carbocycles. The summed E-state index contributed by atoms with van der Waals surface area (Å²) in [6.45, 7) is 5.97. The van der Waals surface area contributed by atoms with Gasteiger partial charge in [0.05, 0.1) is 16.5 Å². The molecule has 1 rings (SSSR count). The largest absolute Gasteiger partial charge is 0.496 e. The Hall–Kier alpha value is -0.590. The summed E-state index contributed by atoms with van der Waals surface area (Å²) in [6.07, 6.45) is 0.758. The topological polar surface area (TPSA) is 55.4 Å². The first-order chi connectivity index (χ1) is 8.81. The van der Waals surface area contributed by atoms with Crippen molar-refractivity contribution < 1.29 is 13.2 Å². The second-order valence-corrected chi connectivity index (χ2v) is 7.24. The van der Waals surface area contributed by atoms with Crippen molar-refractivity contribution in [3.63, 3.8) is 0 Å². The predicted molar refractivity (Wildman–Crippen MR) is 79.9 cm³/mol. The van der Waals surface area contributed by atoms with E-state index in [0.29, 0.717) is 10.2 Å². The first kappa shape index (κ1) is 16.5. The van der Waals surface area contributed by atoms with E-state index in [2.05, 4.69) is 20.7 Å². The summed E-state index contributed by atoms with van der Waals surface area (Å²) in [5, 5.41) is 0. The van der Waals surface area contributed by atoms with Crippen LogP contribution in [0.4, 0.5) is 0 Å². The van der Waals surface area contributed by atoms with Crippen LogP contribution in [0.25, 0.3) is 0 Å². The van der Waals surface area contributed by atoms with E-state index in [1.54, 1.807) is 25.3 Å². The molecule has 0 aliphatic heterocycles. The lowest BCUT2D eigenvalue weighted by Gasteiger charge is -2.20. The third kappa shape index (κ3) is 4.19. The minimum atomic E-state index is -3.50. The van der Waals surface area contributed by atoms with Crippen LogP contribution >= 0.6 is 15.9 Å². The van der Waals surface area contributed by atoms with Gasteiger partial charge in [-0.2, -0.15) is 0 Å². The van der Waals surface area contributed by atoms with E-state index in [1.807, 2.05) is 20.8 Å². The summed E-state index contributed by atoms with van der Waals surface area (Å²) in [5.74, 6) is 0.858. The monoisotopic (exact) mass is 349 g/mol. The average molecular weight is 350 g/mol. The van der Waals surface area contributed by atoms with Crippen molar-refractivity contribution in [2.24, 2.45) is 5.92 Å². The molecule has 1 atom stereocenters. The molecule has 1 aromatic rings. The highest BCUT2D eigenvalue weighted by Crippen LogP contribution is 2.27. The molecule has 0 saturated carbocycles. The van der Waals surface area contributed by atoms with Crippen molar-refractivity contribution in [1.82, 2.24) is 4.72 Å². The molecule has 0 fully saturated rings. The van der Waals surface area contributed by atoms with E-state index in [9.17, 15) is 8.42 Å². The zero-order valence-electron chi connectivity index (χ0n) is 11.6. The molecule has 0 bridgehead atoms. The molecule has 0 aliphatic carbocycles. The summed E-state index contributed by atoms with van der Waals surface area (Å²) in [4.78, 5) is 0.235. The minimum absolute atomic E-state index is 0.0640. The van der Waals surface area contributed by atoms with Crippen LogP contribution in [-0.4, -0.2) is 21.6 Å². The van der Waals surface area contributed by atoms with Crippen LogP contribution in [0.15, 0.2) is 27.6 Å². The number of hydrogen-bond donors (Lipinski definition) is 1. The molecule has 0 saturated heterocycles. The zero-order valence-corrected chi connectivity index (χ0v) is 14.0. The third-order valence-corrected chi connectivity index (χ3v) is 5.09. The molecule has 1 unspecified atom stereocenters. The van der Waals surface area contributed by atoms with Crippen LogP contribution in [0, 0.1) is 5.92 Å². The highest BCUT2D eigenvalue weighted by molar-refractivity contribution is 9.10. The van der Waals surface area contributed by atoms with Gasteiger partial charge in [0.2, 0.25) is 10.0 Å². The average Bonchev–Trinajstić information content (AvgIpc) is 2.35. The molecule has 108 valence electrons. The maximum atomic E-state index is 12.3. The summed E-state index contributed by atoms with van der Waals surface area (Å²) >= 11 is 3.29. The smallest absolute Gasteiger partial charge is 0.240 e. The fourth-order valence-electron chi connectivity index (χ4n) is 1.77. The summed E-state index contributed by atoms with van der Waals surface area (Å²) in [7, 11) is -1.96. The van der Waals surface area contributed by atoms with Crippen molar-refractivity contribution in [2.45, 2.75) is 38.1 Å². The van der Waals surface area contributed by atoms with Gasteiger partial charge in [-0.15, -0.1) is 0 Å². The minimum Gasteiger partial charge on any atom is -0.496 e. The normalized spacial score (nSPS) is 13.6. The Bertz CT molecular complexity index is 529. The van der Waals surface area contributed by atoms with Crippen LogP contribution in [0.2, 0.25) is 0 Å². The van der Waals surface area contributed by atoms with E-state index >= 15 is 0 Å². The van der Waals surface area contributed by atoms with Gasteiger partial charge in [-0.1, -0.05) is 20.8 Å². The Morgan fingerprint density at radius 3 is 2.42 bits per heavy atom. The van der Waals surface area contributed by atoms with E-state index in [-0.39, 0.29) is 16.9 Å². The van der Waals surface area contributed by atoms with Gasteiger partial charge in [-0.3, -0.25) is 0 Å². The Morgan fingerprint density at radius 2 is 2.00 bits per heavy atom. The second kappa shape index (κ2) is 6.72. The van der Waals surface area contributed by atoms with Gasteiger partial charge in [0.1, 0.15) is 5.75 Å². The molecule has 0 spiro atoms. The molecule has 0 heterocycles. The molecular weight excluding hydrogens is 330 g/mol. The van der Waals surface area contributed by atoms with Gasteiger partial charge in [0.25, 0.3) is 0 Å². The number of benzene rings is 1. The number of ether oxygens (including phenoxy) is 1. The Labute approximate surface area is 123 Å². The molecule has 6 heteroatoms. The van der Waals surface area contributed by atoms with E-state index in [1.165, 1.54) is 0 Å². The lowest BCUT2D eigenvalue weighted by atomic mass is 10.0. The maximum absolute atomic E-state index is 12.3. The van der Waals surface area contributed by atoms with Gasteiger partial charge >= 0.3 is 0 Å². The van der Waals surface area contributed by atoms with Crippen LogP contribution in [0.3, 0.4) is 0 Å². The SMILES string of the molecule is CCC(NS(=O)(=O)c1ccc(OC)c(Br)c1)C(C)C. The Kier molecular flexibility index (Phi) is 5.82. The zero-order chi connectivity index (χ0) is 14.6. The fraction of sp³-hybridized carbons (Fsp3) is 0.538. The predicted octanol–water partition coefficient (Wildman–Crippen LogP) is 3.17. The molecule has 1 N–H and O–H groups in total. The maximum Gasteiger partial charge on any atom is 0.240 e. The fourth-order valence-corrected chi connectivity index (χ4v) is 3.96. The number of sulfonamides is 1. The molecule has 0 radical (unpaired) electrons. The highest BCUT2D eigenvalue weighted by atomic mass is 79.9. The van der Waals surface area contributed by atoms with Gasteiger partial charge in [0, 0.05) is 6.04 Å². The van der Waals surface area contributed by atoms with Crippen molar-refractivity contribution in [2.75, 3.05) is 7.11 Å². The van der Waals surface area contributed by atoms with Crippen molar-refractivity contribution in [3.05, 3.63) is 22.7 Å². The molecule has 19 heavy (non-hydrogen) atoms. The number of methoxy groups -OCH3 is 1. The number of hydrogen-bond acceptors (Lipinski definition) is 3. The Morgan fingerprint density at radius 1 is 1.37 bits per heavy atom. The summed E-state index contributed by atoms with van der Waals surface area (Å²) in [6, 6.07) is 4.66. The van der Waals surface area contributed by atoms with Gasteiger partial charge in [-0.05, 0) is 46.5 Å². The highest BCUT2D eigenvalue weighted by Gasteiger charge is 2.21. The van der Waals surface area contributed by atoms with Gasteiger partial charge in [-0.25, -0.2) is 13.1 Å². The molecule has 0 amide bonds. The van der Waals surface area contributed by atoms with Crippen molar-refractivity contribution in [1.29, 1.82) is 0 Å². The van der Waals surface area contributed by atoms with E-state index in [0.717, 1.165) is 6.42 Å². The summed E-state index contributed by atoms with van der Waals surface area (Å²) < 4.78 is 33.0. The summed E-state index contributed by atoms with van der Waals surface area (Å²) in [5.41, 5.74) is 0. The standard InChI is InChI=1S/C13H20BrNO3S/c1-5-12(9(2)3)15-19(16,17)10-6-7-13(18-4)11(14)8-10/h6-9,12,15H,5H2,1-4H3. The number of rotatable bonds is 6. The third-order valence-electron chi connectivity index (χ3n) is 2.98. The molecular formula is C13H20BrNO3S. The van der Waals surface area contributed by atoms with Crippen molar-refractivity contribution in [3.8, 4) is 5.75 Å². The molecule has 0 aliphatic rings. The van der Waals surface area contributed by atoms with Gasteiger partial charge < -0.3 is 4.74 Å². The van der Waals surface area contributed by atoms with Crippen LogP contribution in [0.1, 0.15) is 27.2 Å². The van der Waals surface area contributed by atoms with Crippen molar-refractivity contribution >= 4 is 26.0 Å². The van der Waals surface area contributed by atoms with Crippen LogP contribution in [0.5, 0.6) is 5.75 Å². The van der Waals surface area contributed by atoms with E-state index in [4.69, 9.17) is 4.74 Å². The second-order valence-electron chi connectivity index (χ2n) is 4.68. The first-order valence-corrected chi connectivity index (χ1v) is 8.45. The lowest BCUT2D eigenvalue weighted by molar-refractivity contribution is 0.411. The number of halogens is 1. The van der Waals surface area contributed by atoms with E-state index < -0.39 is 10.0 Å². The molecule has 4 nitrogen and oxygen atoms in total. The first-order valence-electron chi connectivity index (χ1n) is 6.17. The van der Waals surface area contributed by atoms with Crippen LogP contribution < -0.4 is 9.46 Å².